The van der Waals surface area contributed by atoms with E-state index < -0.39 is 24.1 Å². The van der Waals surface area contributed by atoms with Gasteiger partial charge in [0.15, 0.2) is 0 Å². The molecule has 22 heavy (non-hydrogen) atoms. The minimum atomic E-state index is -5.63. The Morgan fingerprint density at radius 2 is 1.18 bits per heavy atom. The standard InChI is InChI=1S/C5H12O.C3H2F6O.C3H7N.CH3.Nb/c1-4-5(2,3)6;4-2(5,6)1(10)3(7,8)9;1-3(2)4;;/h6H,4H2,1-3H3;1,10H;3H,1-2H3;1H3;/q;;;-1;. The first-order chi connectivity index (χ1) is 8.99. The largest absolute Gasteiger partial charge is 0.423 e. The van der Waals surface area contributed by atoms with Gasteiger partial charge < -0.3 is 17.6 Å². The summed E-state index contributed by atoms with van der Waals surface area (Å²) in [5.74, 6) is 0. The maximum Gasteiger partial charge on any atom is 0.423 e. The molecule has 0 heterocycles. The quantitative estimate of drug-likeness (QED) is 0.399. The molecule has 0 aliphatic heterocycles. The first-order valence-corrected chi connectivity index (χ1v) is 6.85. The minimum absolute atomic E-state index is 0. The van der Waals surface area contributed by atoms with Crippen LogP contribution in [0.1, 0.15) is 41.0 Å². The van der Waals surface area contributed by atoms with E-state index in [-0.39, 0.29) is 7.43 Å². The molecule has 137 valence electrons. The third kappa shape index (κ3) is 25.0. The van der Waals surface area contributed by atoms with Crippen LogP contribution in [0.2, 0.25) is 0 Å². The Bertz CT molecular complexity index is 260. The summed E-state index contributed by atoms with van der Waals surface area (Å²) in [6.45, 7) is 9.69. The molecule has 0 saturated heterocycles. The van der Waals surface area contributed by atoms with Gasteiger partial charge in [-0.05, 0) is 20.3 Å². The van der Waals surface area contributed by atoms with Crippen LogP contribution < -0.4 is 0 Å². The van der Waals surface area contributed by atoms with Crippen LogP contribution >= 0.6 is 0 Å². The van der Waals surface area contributed by atoms with Crippen molar-refractivity contribution in [3.63, 3.8) is 0 Å². The van der Waals surface area contributed by atoms with Gasteiger partial charge in [0.1, 0.15) is 0 Å². The summed E-state index contributed by atoms with van der Waals surface area (Å²) in [7, 11) is 0. The van der Waals surface area contributed by atoms with Crippen molar-refractivity contribution >= 4 is 0 Å². The molecule has 2 N–H and O–H groups in total. The van der Waals surface area contributed by atoms with Crippen molar-refractivity contribution in [3.8, 4) is 0 Å². The third-order valence-corrected chi connectivity index (χ3v) is 2.85. The van der Waals surface area contributed by atoms with Crippen LogP contribution in [0.3, 0.4) is 0 Å². The predicted octanol–water partition coefficient (Wildman–Crippen LogP) is 4.21. The Kier molecular flexibility index (Phi) is 17.0. The molecule has 3 nitrogen and oxygen atoms in total. The molecule has 0 aliphatic rings. The average molecular weight is 421 g/mol. The number of nitrogens with zero attached hydrogens (tertiary/aromatic N) is 1. The van der Waals surface area contributed by atoms with E-state index in [4.69, 9.17) is 10.2 Å². The zero-order chi connectivity index (χ0) is 18.1. The SMILES string of the molecule is CC(C)[N]=[Nb].CCC(C)(C)O.OC(C(F)(F)F)C(F)(F)F.[CH3-]. The second kappa shape index (κ2) is 12.5. The molecule has 0 rings (SSSR count). The molecular weight excluding hydrogens is 397 g/mol. The summed E-state index contributed by atoms with van der Waals surface area (Å²) < 4.78 is 69.8. The molecule has 0 aromatic heterocycles. The van der Waals surface area contributed by atoms with E-state index in [1.165, 1.54) is 20.9 Å². The average Bonchev–Trinajstić information content (AvgIpc) is 2.26. The minimum Gasteiger partial charge on any atom is -0.390 e. The third-order valence-electron chi connectivity index (χ3n) is 1.72. The Hall–Kier alpha value is 0.0403. The fourth-order valence-corrected chi connectivity index (χ4v) is 0.186. The molecule has 0 aliphatic carbocycles. The summed E-state index contributed by atoms with van der Waals surface area (Å²) in [5.41, 5.74) is -0.458. The summed E-state index contributed by atoms with van der Waals surface area (Å²) in [6, 6.07) is 0.531. The van der Waals surface area contributed by atoms with Gasteiger partial charge in [-0.25, -0.2) is 0 Å². The molecule has 0 spiro atoms. The van der Waals surface area contributed by atoms with Gasteiger partial charge in [-0.1, -0.05) is 6.92 Å². The molecule has 0 fully saturated rings. The fourth-order valence-electron chi connectivity index (χ4n) is 0.186. The van der Waals surface area contributed by atoms with Crippen molar-refractivity contribution in [1.82, 2.24) is 0 Å². The van der Waals surface area contributed by atoms with Crippen molar-refractivity contribution in [2.75, 3.05) is 0 Å². The van der Waals surface area contributed by atoms with E-state index in [1.807, 2.05) is 6.92 Å². The molecule has 10 heteroatoms. The number of aliphatic hydroxyl groups excluding tert-OH is 1. The van der Waals surface area contributed by atoms with Crippen LogP contribution in [-0.2, 0) is 20.9 Å². The van der Waals surface area contributed by atoms with Crippen LogP contribution in [-0.4, -0.2) is 40.3 Å². The van der Waals surface area contributed by atoms with Crippen LogP contribution in [0.25, 0.3) is 0 Å². The van der Waals surface area contributed by atoms with Gasteiger partial charge in [0.05, 0.1) is 5.60 Å². The molecule has 0 atom stereocenters. The zero-order valence-corrected chi connectivity index (χ0v) is 15.6. The van der Waals surface area contributed by atoms with Gasteiger partial charge in [-0.3, -0.25) is 0 Å². The van der Waals surface area contributed by atoms with Crippen LogP contribution in [0.4, 0.5) is 26.3 Å². The van der Waals surface area contributed by atoms with Crippen LogP contribution in [0, 0.1) is 7.43 Å². The number of rotatable bonds is 2. The van der Waals surface area contributed by atoms with Crippen molar-refractivity contribution in [2.45, 2.75) is 71.1 Å². The van der Waals surface area contributed by atoms with Crippen molar-refractivity contribution in [3.05, 3.63) is 7.43 Å². The molecule has 0 saturated carbocycles. The summed E-state index contributed by atoms with van der Waals surface area (Å²) in [4.78, 5) is 0. The van der Waals surface area contributed by atoms with Crippen molar-refractivity contribution < 1.29 is 57.4 Å². The van der Waals surface area contributed by atoms with E-state index in [1.54, 1.807) is 13.8 Å². The van der Waals surface area contributed by atoms with E-state index in [2.05, 4.69) is 17.2 Å². The molecule has 0 aromatic rings. The Morgan fingerprint density at radius 3 is 1.18 bits per heavy atom. The maximum absolute atomic E-state index is 11.0. The molecule has 0 radical (unpaired) electrons. The maximum atomic E-state index is 11.0. The van der Waals surface area contributed by atoms with Gasteiger partial charge in [0, 0.05) is 0 Å². The van der Waals surface area contributed by atoms with Gasteiger partial charge in [-0.2, -0.15) is 26.3 Å². The van der Waals surface area contributed by atoms with Crippen LogP contribution in [0.5, 0.6) is 0 Å². The fraction of sp³-hybridized carbons (Fsp3) is 0.917. The second-order valence-corrected chi connectivity index (χ2v) is 5.43. The van der Waals surface area contributed by atoms with Gasteiger partial charge >= 0.3 is 56.5 Å². The number of hydrogen-bond acceptors (Lipinski definition) is 3. The van der Waals surface area contributed by atoms with E-state index in [0.717, 1.165) is 6.42 Å². The van der Waals surface area contributed by atoms with Crippen molar-refractivity contribution in [1.29, 1.82) is 0 Å². The number of aliphatic hydroxyl groups is 2. The summed E-state index contributed by atoms with van der Waals surface area (Å²) >= 11 is 1.53. The number of alkyl halides is 6. The van der Waals surface area contributed by atoms with Crippen LogP contribution in [0.15, 0.2) is 3.34 Å². The van der Waals surface area contributed by atoms with E-state index in [0.29, 0.717) is 6.04 Å². The van der Waals surface area contributed by atoms with E-state index in [9.17, 15) is 26.3 Å². The number of halogens is 6. The first kappa shape index (κ1) is 30.0. The van der Waals surface area contributed by atoms with Crippen molar-refractivity contribution in [2.24, 2.45) is 3.34 Å². The smallest absolute Gasteiger partial charge is 0.390 e. The summed E-state index contributed by atoms with van der Waals surface area (Å²) in [6.07, 6.45) is -14.7. The van der Waals surface area contributed by atoms with Gasteiger partial charge in [-0.15, -0.1) is 0 Å². The topological polar surface area (TPSA) is 52.8 Å². The Morgan fingerprint density at radius 1 is 1.00 bits per heavy atom. The van der Waals surface area contributed by atoms with E-state index >= 15 is 0 Å². The van der Waals surface area contributed by atoms with Gasteiger partial charge in [0.25, 0.3) is 0 Å². The molecule has 0 unspecified atom stereocenters. The Labute approximate surface area is 139 Å². The molecule has 0 bridgehead atoms. The monoisotopic (exact) mass is 421 g/mol. The normalized spacial score (nSPS) is 11.7. The summed E-state index contributed by atoms with van der Waals surface area (Å²) in [5, 5.41) is 16.3. The first-order valence-electron chi connectivity index (χ1n) is 5.87. The molecular formula is C12H24F6NNbO2-. The second-order valence-electron chi connectivity index (χ2n) is 4.86. The Balaban J connectivity index is -0.000000117. The number of hydrogen-bond donors (Lipinski definition) is 2. The molecule has 0 amide bonds. The van der Waals surface area contributed by atoms with Gasteiger partial charge in [0.2, 0.25) is 6.10 Å². The predicted molar refractivity (Wildman–Crippen MR) is 68.7 cm³/mol. The zero-order valence-electron chi connectivity index (χ0n) is 13.4. The molecule has 0 aromatic carbocycles.